The van der Waals surface area contributed by atoms with E-state index in [9.17, 15) is 0 Å². The lowest BCUT2D eigenvalue weighted by molar-refractivity contribution is 0.560. The summed E-state index contributed by atoms with van der Waals surface area (Å²) in [5.41, 5.74) is 0. The van der Waals surface area contributed by atoms with E-state index < -0.39 is 0 Å². The van der Waals surface area contributed by atoms with Crippen molar-refractivity contribution in [1.29, 1.82) is 0 Å². The highest BCUT2D eigenvalue weighted by Gasteiger charge is 2.14. The van der Waals surface area contributed by atoms with E-state index in [0.29, 0.717) is 12.1 Å². The molecule has 1 aliphatic rings. The molecule has 1 atom stereocenters. The van der Waals surface area contributed by atoms with E-state index >= 15 is 0 Å². The van der Waals surface area contributed by atoms with Crippen molar-refractivity contribution in [3.05, 3.63) is 12.5 Å². The van der Waals surface area contributed by atoms with Gasteiger partial charge in [-0.25, -0.2) is 4.98 Å². The average Bonchev–Trinajstić information content (AvgIpc) is 2.60. The smallest absolute Gasteiger partial charge is 0.294 e. The lowest BCUT2D eigenvalue weighted by atomic mass is 10.3. The van der Waals surface area contributed by atoms with E-state index in [4.69, 9.17) is 4.42 Å². The van der Waals surface area contributed by atoms with Gasteiger partial charge in [0.25, 0.3) is 6.01 Å². The summed E-state index contributed by atoms with van der Waals surface area (Å²) < 4.78 is 5.05. The SMILES string of the molecule is c1coc(NC2CCNC2)n1. The van der Waals surface area contributed by atoms with Gasteiger partial charge in [-0.05, 0) is 13.0 Å². The average molecular weight is 153 g/mol. The van der Waals surface area contributed by atoms with Gasteiger partial charge in [0, 0.05) is 12.6 Å². The Morgan fingerprint density at radius 2 is 2.73 bits per heavy atom. The van der Waals surface area contributed by atoms with Crippen molar-refractivity contribution < 1.29 is 4.42 Å². The van der Waals surface area contributed by atoms with Crippen LogP contribution < -0.4 is 10.6 Å². The van der Waals surface area contributed by atoms with Crippen LogP contribution in [0.3, 0.4) is 0 Å². The molecule has 2 heterocycles. The summed E-state index contributed by atoms with van der Waals surface area (Å²) in [5.74, 6) is 0. The van der Waals surface area contributed by atoms with Crippen molar-refractivity contribution in [3.8, 4) is 0 Å². The topological polar surface area (TPSA) is 50.1 Å². The summed E-state index contributed by atoms with van der Waals surface area (Å²) in [6.07, 6.45) is 4.36. The van der Waals surface area contributed by atoms with Crippen LogP contribution in [0, 0.1) is 0 Å². The summed E-state index contributed by atoms with van der Waals surface area (Å²) in [4.78, 5) is 3.97. The van der Waals surface area contributed by atoms with Crippen molar-refractivity contribution in [2.24, 2.45) is 0 Å². The zero-order valence-corrected chi connectivity index (χ0v) is 6.21. The Morgan fingerprint density at radius 3 is 3.36 bits per heavy atom. The molecule has 2 N–H and O–H groups in total. The largest absolute Gasteiger partial charge is 0.432 e. The van der Waals surface area contributed by atoms with Crippen LogP contribution in [0.4, 0.5) is 6.01 Å². The molecule has 0 bridgehead atoms. The van der Waals surface area contributed by atoms with Crippen LogP contribution in [0.15, 0.2) is 16.9 Å². The molecular weight excluding hydrogens is 142 g/mol. The van der Waals surface area contributed by atoms with Gasteiger partial charge in [0.05, 0.1) is 6.20 Å². The maximum absolute atomic E-state index is 5.05. The highest BCUT2D eigenvalue weighted by molar-refractivity contribution is 5.20. The van der Waals surface area contributed by atoms with E-state index in [1.807, 2.05) is 0 Å². The number of aromatic nitrogens is 1. The van der Waals surface area contributed by atoms with Gasteiger partial charge in [0.15, 0.2) is 0 Å². The van der Waals surface area contributed by atoms with Gasteiger partial charge < -0.3 is 15.1 Å². The summed E-state index contributed by atoms with van der Waals surface area (Å²) in [5, 5.41) is 6.43. The van der Waals surface area contributed by atoms with Gasteiger partial charge in [-0.15, -0.1) is 0 Å². The molecule has 4 heteroatoms. The lowest BCUT2D eigenvalue weighted by Gasteiger charge is -2.07. The zero-order valence-electron chi connectivity index (χ0n) is 6.21. The van der Waals surface area contributed by atoms with Crippen LogP contribution >= 0.6 is 0 Å². The van der Waals surface area contributed by atoms with Crippen LogP contribution in [0.1, 0.15) is 6.42 Å². The number of oxazole rings is 1. The summed E-state index contributed by atoms with van der Waals surface area (Å²) >= 11 is 0. The third-order valence-corrected chi connectivity index (χ3v) is 1.82. The number of hydrogen-bond acceptors (Lipinski definition) is 4. The highest BCUT2D eigenvalue weighted by Crippen LogP contribution is 2.07. The van der Waals surface area contributed by atoms with E-state index in [0.717, 1.165) is 19.5 Å². The molecule has 1 unspecified atom stereocenters. The zero-order chi connectivity index (χ0) is 7.52. The Bertz CT molecular complexity index is 203. The normalized spacial score (nSPS) is 23.8. The molecule has 1 aromatic heterocycles. The minimum Gasteiger partial charge on any atom is -0.432 e. The van der Waals surface area contributed by atoms with Crippen LogP contribution in [0.25, 0.3) is 0 Å². The molecule has 1 aliphatic heterocycles. The fourth-order valence-electron chi connectivity index (χ4n) is 1.25. The monoisotopic (exact) mass is 153 g/mol. The molecule has 1 saturated heterocycles. The fraction of sp³-hybridized carbons (Fsp3) is 0.571. The second-order valence-corrected chi connectivity index (χ2v) is 2.67. The van der Waals surface area contributed by atoms with Gasteiger partial charge in [-0.1, -0.05) is 0 Å². The Kier molecular flexibility index (Phi) is 1.77. The lowest BCUT2D eigenvalue weighted by Crippen LogP contribution is -2.22. The van der Waals surface area contributed by atoms with E-state index in [1.165, 1.54) is 0 Å². The number of nitrogens with zero attached hydrogens (tertiary/aromatic N) is 1. The van der Waals surface area contributed by atoms with Gasteiger partial charge in [-0.2, -0.15) is 0 Å². The van der Waals surface area contributed by atoms with Crippen LogP contribution in [0.2, 0.25) is 0 Å². The molecule has 4 nitrogen and oxygen atoms in total. The number of rotatable bonds is 2. The molecule has 11 heavy (non-hydrogen) atoms. The second-order valence-electron chi connectivity index (χ2n) is 2.67. The molecular formula is C7H11N3O. The molecule has 2 rings (SSSR count). The second kappa shape index (κ2) is 2.92. The van der Waals surface area contributed by atoms with Crippen molar-refractivity contribution >= 4 is 6.01 Å². The van der Waals surface area contributed by atoms with Crippen LogP contribution in [0.5, 0.6) is 0 Å². The molecule has 0 amide bonds. The number of nitrogens with one attached hydrogen (secondary N) is 2. The number of anilines is 1. The molecule has 0 aliphatic carbocycles. The maximum Gasteiger partial charge on any atom is 0.294 e. The van der Waals surface area contributed by atoms with Gasteiger partial charge in [0.1, 0.15) is 6.26 Å². The molecule has 0 saturated carbocycles. The van der Waals surface area contributed by atoms with E-state index in [1.54, 1.807) is 12.5 Å². The van der Waals surface area contributed by atoms with Crippen molar-refractivity contribution in [1.82, 2.24) is 10.3 Å². The first-order chi connectivity index (χ1) is 5.45. The minimum atomic E-state index is 0.480. The van der Waals surface area contributed by atoms with Gasteiger partial charge >= 0.3 is 0 Å². The van der Waals surface area contributed by atoms with E-state index in [2.05, 4.69) is 15.6 Å². The highest BCUT2D eigenvalue weighted by atomic mass is 16.4. The first kappa shape index (κ1) is 6.67. The molecule has 0 radical (unpaired) electrons. The predicted octanol–water partition coefficient (Wildman–Crippen LogP) is 0.448. The molecule has 0 spiro atoms. The standard InChI is InChI=1S/C7H11N3O/c1-2-8-5-6(1)10-7-9-3-4-11-7/h3-4,6,8H,1-2,5H2,(H,9,10). The molecule has 0 aromatic carbocycles. The Hall–Kier alpha value is -1.03. The quantitative estimate of drug-likeness (QED) is 0.647. The molecule has 1 aromatic rings. The summed E-state index contributed by atoms with van der Waals surface area (Å²) in [6.45, 7) is 2.08. The Balaban J connectivity index is 1.90. The minimum absolute atomic E-state index is 0.480. The van der Waals surface area contributed by atoms with Crippen LogP contribution in [-0.2, 0) is 0 Å². The van der Waals surface area contributed by atoms with Crippen LogP contribution in [-0.4, -0.2) is 24.1 Å². The molecule has 60 valence electrons. The van der Waals surface area contributed by atoms with Crippen molar-refractivity contribution in [2.75, 3.05) is 18.4 Å². The van der Waals surface area contributed by atoms with Gasteiger partial charge in [-0.3, -0.25) is 0 Å². The first-order valence-electron chi connectivity index (χ1n) is 3.82. The fourth-order valence-corrected chi connectivity index (χ4v) is 1.25. The predicted molar refractivity (Wildman–Crippen MR) is 41.4 cm³/mol. The third-order valence-electron chi connectivity index (χ3n) is 1.82. The van der Waals surface area contributed by atoms with Gasteiger partial charge in [0.2, 0.25) is 0 Å². The third kappa shape index (κ3) is 1.51. The summed E-state index contributed by atoms with van der Waals surface area (Å²) in [6, 6.07) is 1.10. The number of hydrogen-bond donors (Lipinski definition) is 2. The Morgan fingerprint density at radius 1 is 1.73 bits per heavy atom. The van der Waals surface area contributed by atoms with E-state index in [-0.39, 0.29) is 0 Å². The molecule has 1 fully saturated rings. The Labute approximate surface area is 65.0 Å². The van der Waals surface area contributed by atoms with Crippen molar-refractivity contribution in [2.45, 2.75) is 12.5 Å². The summed E-state index contributed by atoms with van der Waals surface area (Å²) in [7, 11) is 0. The van der Waals surface area contributed by atoms with Crippen molar-refractivity contribution in [3.63, 3.8) is 0 Å². The first-order valence-corrected chi connectivity index (χ1v) is 3.82. The maximum atomic E-state index is 5.05.